The van der Waals surface area contributed by atoms with Gasteiger partial charge in [-0.2, -0.15) is 4.72 Å². The maximum Gasteiger partial charge on any atom is 0.336 e. The Morgan fingerprint density at radius 1 is 1.14 bits per heavy atom. The Morgan fingerprint density at radius 2 is 1.78 bits per heavy atom. The number of halogens is 2. The quantitative estimate of drug-likeness (QED) is 0.130. The Hall–Kier alpha value is -2.01. The van der Waals surface area contributed by atoms with Crippen molar-refractivity contribution in [3.05, 3.63) is 69.1 Å². The SMILES string of the molecule is CC[C@@H](C)[C@H](NS(=O)(=O)c1ccc(C)cc1)C(=O)Oc1c(C[C@H](Br)CBr)cc2c(C)cc(=O)oc2c1C. The molecule has 0 aliphatic rings. The number of hydrogen-bond acceptors (Lipinski definition) is 6. The van der Waals surface area contributed by atoms with Gasteiger partial charge in [-0.1, -0.05) is 69.8 Å². The number of carbonyl (C=O) groups is 1. The summed E-state index contributed by atoms with van der Waals surface area (Å²) in [6.45, 7) is 9.08. The number of hydrogen-bond donors (Lipinski definition) is 1. The van der Waals surface area contributed by atoms with Gasteiger partial charge in [0.2, 0.25) is 10.0 Å². The molecule has 3 aromatic rings. The Morgan fingerprint density at radius 3 is 2.38 bits per heavy atom. The molecule has 0 saturated carbocycles. The molecule has 37 heavy (non-hydrogen) atoms. The molecule has 0 fully saturated rings. The lowest BCUT2D eigenvalue weighted by atomic mass is 9.98. The minimum absolute atomic E-state index is 0.0447. The second kappa shape index (κ2) is 12.2. The zero-order valence-corrected chi connectivity index (χ0v) is 25.4. The van der Waals surface area contributed by atoms with Gasteiger partial charge in [-0.25, -0.2) is 18.0 Å². The van der Waals surface area contributed by atoms with E-state index in [0.29, 0.717) is 29.3 Å². The number of sulfonamides is 1. The number of benzene rings is 2. The summed E-state index contributed by atoms with van der Waals surface area (Å²) in [5.41, 5.74) is 2.75. The minimum atomic E-state index is -3.98. The molecule has 200 valence electrons. The van der Waals surface area contributed by atoms with Crippen LogP contribution in [0.5, 0.6) is 5.75 Å². The predicted octanol–water partition coefficient (Wildman–Crippen LogP) is 5.72. The van der Waals surface area contributed by atoms with Crippen molar-refractivity contribution >= 4 is 58.8 Å². The van der Waals surface area contributed by atoms with Crippen molar-refractivity contribution in [3.8, 4) is 5.75 Å². The second-order valence-electron chi connectivity index (χ2n) is 9.29. The first-order valence-corrected chi connectivity index (χ1v) is 15.5. The lowest BCUT2D eigenvalue weighted by molar-refractivity contribution is -0.137. The first kappa shape index (κ1) is 29.5. The van der Waals surface area contributed by atoms with E-state index in [1.807, 2.05) is 26.8 Å². The Balaban J connectivity index is 2.06. The lowest BCUT2D eigenvalue weighted by Crippen LogP contribution is -2.47. The molecule has 2 aromatic carbocycles. The van der Waals surface area contributed by atoms with E-state index in [9.17, 15) is 18.0 Å². The Bertz CT molecular complexity index is 1450. The molecule has 10 heteroatoms. The zero-order valence-electron chi connectivity index (χ0n) is 21.4. The number of carbonyl (C=O) groups excluding carboxylic acids is 1. The van der Waals surface area contributed by atoms with E-state index < -0.39 is 27.7 Å². The molecule has 0 aliphatic heterocycles. The number of rotatable bonds is 10. The zero-order chi connectivity index (χ0) is 27.5. The Labute approximate surface area is 234 Å². The minimum Gasteiger partial charge on any atom is -0.425 e. The number of aryl methyl sites for hydroxylation is 3. The fourth-order valence-electron chi connectivity index (χ4n) is 4.00. The number of nitrogens with one attached hydrogen (secondary N) is 1. The summed E-state index contributed by atoms with van der Waals surface area (Å²) < 4.78 is 40.2. The van der Waals surface area contributed by atoms with Crippen LogP contribution in [0.1, 0.15) is 42.5 Å². The molecule has 1 heterocycles. The first-order valence-electron chi connectivity index (χ1n) is 12.0. The molecular weight excluding hydrogens is 626 g/mol. The van der Waals surface area contributed by atoms with Gasteiger partial charge < -0.3 is 9.15 Å². The number of alkyl halides is 2. The maximum absolute atomic E-state index is 13.5. The van der Waals surface area contributed by atoms with Gasteiger partial charge in [-0.3, -0.25) is 0 Å². The summed E-state index contributed by atoms with van der Waals surface area (Å²) >= 11 is 7.07. The van der Waals surface area contributed by atoms with Crippen LogP contribution in [0.25, 0.3) is 11.0 Å². The van der Waals surface area contributed by atoms with E-state index in [-0.39, 0.29) is 21.4 Å². The molecule has 3 rings (SSSR count). The van der Waals surface area contributed by atoms with E-state index in [1.54, 1.807) is 26.0 Å². The van der Waals surface area contributed by atoms with Crippen LogP contribution in [0.2, 0.25) is 0 Å². The van der Waals surface area contributed by atoms with Gasteiger partial charge in [0.1, 0.15) is 17.4 Å². The van der Waals surface area contributed by atoms with Crippen molar-refractivity contribution in [1.82, 2.24) is 4.72 Å². The molecule has 0 aliphatic carbocycles. The molecular formula is C27H31Br2NO6S. The van der Waals surface area contributed by atoms with Crippen LogP contribution in [0.15, 0.2) is 50.5 Å². The second-order valence-corrected chi connectivity index (χ2v) is 12.9. The summed E-state index contributed by atoms with van der Waals surface area (Å²) in [6.07, 6.45) is 1.06. The highest BCUT2D eigenvalue weighted by Gasteiger charge is 2.32. The average molecular weight is 657 g/mol. The molecule has 1 aromatic heterocycles. The van der Waals surface area contributed by atoms with Crippen LogP contribution in [-0.4, -0.2) is 30.6 Å². The van der Waals surface area contributed by atoms with Crippen molar-refractivity contribution in [1.29, 1.82) is 0 Å². The molecule has 0 spiro atoms. The van der Waals surface area contributed by atoms with Crippen LogP contribution >= 0.6 is 31.9 Å². The molecule has 0 bridgehead atoms. The van der Waals surface area contributed by atoms with Gasteiger partial charge in [0, 0.05) is 27.2 Å². The lowest BCUT2D eigenvalue weighted by Gasteiger charge is -2.24. The van der Waals surface area contributed by atoms with Crippen LogP contribution in [0.4, 0.5) is 0 Å². The number of esters is 1. The van der Waals surface area contributed by atoms with Gasteiger partial charge in [0.15, 0.2) is 0 Å². The van der Waals surface area contributed by atoms with Crippen molar-refractivity contribution < 1.29 is 22.4 Å². The van der Waals surface area contributed by atoms with Gasteiger partial charge in [0.25, 0.3) is 0 Å². The van der Waals surface area contributed by atoms with Crippen molar-refractivity contribution in [2.24, 2.45) is 5.92 Å². The molecule has 7 nitrogen and oxygen atoms in total. The molecule has 0 saturated heterocycles. The molecule has 3 atom stereocenters. The monoisotopic (exact) mass is 655 g/mol. The van der Waals surface area contributed by atoms with Crippen LogP contribution in [0.3, 0.4) is 0 Å². The number of fused-ring (bicyclic) bond motifs is 1. The average Bonchev–Trinajstić information content (AvgIpc) is 2.85. The van der Waals surface area contributed by atoms with Crippen LogP contribution in [-0.2, 0) is 21.2 Å². The van der Waals surface area contributed by atoms with E-state index in [4.69, 9.17) is 9.15 Å². The standard InChI is InChI=1S/C27H31Br2NO6S/c1-6-16(3)24(30-37(33,34)21-9-7-15(2)8-10-21)27(32)36-25-18(5)26-22(17(4)11-23(31)35-26)13-19(25)12-20(29)14-28/h7-11,13,16,20,24,30H,6,12,14H2,1-5H3/t16-,20+,24+/m1/s1. The summed E-state index contributed by atoms with van der Waals surface area (Å²) in [7, 11) is -3.98. The third-order valence-corrected chi connectivity index (χ3v) is 10.1. The summed E-state index contributed by atoms with van der Waals surface area (Å²) in [5, 5.41) is 1.41. The summed E-state index contributed by atoms with van der Waals surface area (Å²) in [6, 6.07) is 8.56. The van der Waals surface area contributed by atoms with Crippen LogP contribution in [0, 0.1) is 26.7 Å². The Kier molecular flexibility index (Phi) is 9.77. The largest absolute Gasteiger partial charge is 0.425 e. The molecule has 0 radical (unpaired) electrons. The number of ether oxygens (including phenoxy) is 1. The van der Waals surface area contributed by atoms with Gasteiger partial charge in [-0.05, 0) is 62.4 Å². The molecule has 0 unspecified atom stereocenters. The van der Waals surface area contributed by atoms with Crippen molar-refractivity contribution in [2.75, 3.05) is 5.33 Å². The van der Waals surface area contributed by atoms with E-state index in [1.165, 1.54) is 18.2 Å². The molecule has 0 amide bonds. The van der Waals surface area contributed by atoms with Gasteiger partial charge in [0.05, 0.1) is 4.90 Å². The third kappa shape index (κ3) is 6.90. The van der Waals surface area contributed by atoms with E-state index in [2.05, 4.69) is 36.6 Å². The highest BCUT2D eigenvalue weighted by Crippen LogP contribution is 2.35. The summed E-state index contributed by atoms with van der Waals surface area (Å²) in [5.74, 6) is -0.809. The van der Waals surface area contributed by atoms with Crippen LogP contribution < -0.4 is 15.1 Å². The van der Waals surface area contributed by atoms with Crippen molar-refractivity contribution in [3.63, 3.8) is 0 Å². The fraction of sp³-hybridized carbons (Fsp3) is 0.407. The topological polar surface area (TPSA) is 103 Å². The molecule has 1 N–H and O–H groups in total. The third-order valence-electron chi connectivity index (χ3n) is 6.39. The summed E-state index contributed by atoms with van der Waals surface area (Å²) in [4.78, 5) is 25.7. The maximum atomic E-state index is 13.5. The van der Waals surface area contributed by atoms with Gasteiger partial charge in [-0.15, -0.1) is 0 Å². The van der Waals surface area contributed by atoms with Crippen molar-refractivity contribution in [2.45, 2.75) is 63.2 Å². The highest BCUT2D eigenvalue weighted by atomic mass is 79.9. The highest BCUT2D eigenvalue weighted by molar-refractivity contribution is 9.12. The van der Waals surface area contributed by atoms with Gasteiger partial charge >= 0.3 is 11.6 Å². The predicted molar refractivity (Wildman–Crippen MR) is 153 cm³/mol. The van der Waals surface area contributed by atoms with E-state index in [0.717, 1.165) is 22.1 Å². The normalized spacial score (nSPS) is 14.4. The van der Waals surface area contributed by atoms with E-state index >= 15 is 0 Å². The smallest absolute Gasteiger partial charge is 0.336 e. The first-order chi connectivity index (χ1) is 17.4. The fourth-order valence-corrected chi connectivity index (χ4v) is 5.87.